The van der Waals surface area contributed by atoms with Crippen LogP contribution < -0.4 is 0 Å². The van der Waals surface area contributed by atoms with Crippen LogP contribution in [0.5, 0.6) is 0 Å². The molecule has 1 unspecified atom stereocenters. The van der Waals surface area contributed by atoms with Gasteiger partial charge in [0.15, 0.2) is 0 Å². The van der Waals surface area contributed by atoms with E-state index in [1.54, 1.807) is 0 Å². The monoisotopic (exact) mass is 270 g/mol. The highest BCUT2D eigenvalue weighted by molar-refractivity contribution is 8.00. The van der Waals surface area contributed by atoms with Gasteiger partial charge < -0.3 is 14.2 Å². The van der Waals surface area contributed by atoms with Gasteiger partial charge in [-0.15, -0.1) is 18.2 Å². The van der Waals surface area contributed by atoms with Crippen molar-refractivity contribution < 1.29 is 14.2 Å². The maximum Gasteiger partial charge on any atom is 0.271 e. The van der Waals surface area contributed by atoms with Crippen LogP contribution in [0, 0.1) is 23.2 Å². The lowest BCUT2D eigenvalue weighted by Crippen LogP contribution is -2.54. The molecular formula is C14H22O3S. The molecule has 0 spiro atoms. The summed E-state index contributed by atoms with van der Waals surface area (Å²) in [4.78, 5) is 0. The molecule has 3 heterocycles. The third kappa shape index (κ3) is 3.21. The van der Waals surface area contributed by atoms with Crippen molar-refractivity contribution in [3.8, 4) is 12.3 Å². The second-order valence-electron chi connectivity index (χ2n) is 6.30. The molecule has 3 nitrogen and oxygen atoms in total. The minimum Gasteiger partial charge on any atom is -0.329 e. The molecular weight excluding hydrogens is 248 g/mol. The minimum atomic E-state index is -0.432. The Balaban J connectivity index is 2.01. The molecule has 1 atom stereocenters. The number of hydrogen-bond donors (Lipinski definition) is 0. The molecule has 3 aliphatic heterocycles. The number of fused-ring (bicyclic) bond motifs is 3. The van der Waals surface area contributed by atoms with Crippen LogP contribution in [-0.4, -0.2) is 37.3 Å². The number of rotatable bonds is 4. The second kappa shape index (κ2) is 5.42. The average molecular weight is 270 g/mol. The fourth-order valence-electron chi connectivity index (χ4n) is 2.34. The van der Waals surface area contributed by atoms with Crippen molar-refractivity contribution in [2.24, 2.45) is 10.8 Å². The van der Waals surface area contributed by atoms with E-state index in [-0.39, 0.29) is 10.8 Å². The van der Waals surface area contributed by atoms with Crippen LogP contribution in [0.4, 0.5) is 0 Å². The molecule has 3 fully saturated rings. The average Bonchev–Trinajstić information content (AvgIpc) is 2.35. The predicted molar refractivity (Wildman–Crippen MR) is 73.2 cm³/mol. The molecule has 2 bridgehead atoms. The molecule has 0 aromatic rings. The topological polar surface area (TPSA) is 27.7 Å². The third-order valence-electron chi connectivity index (χ3n) is 3.53. The van der Waals surface area contributed by atoms with Crippen LogP contribution in [-0.2, 0) is 14.2 Å². The highest BCUT2D eigenvalue weighted by Gasteiger charge is 2.46. The Bertz CT molecular complexity index is 307. The second-order valence-corrected chi connectivity index (χ2v) is 7.49. The van der Waals surface area contributed by atoms with E-state index in [0.29, 0.717) is 5.25 Å². The SMILES string of the molecule is C#CCSC(CC12COC(OC1)OC2)C(C)(C)C. The molecule has 0 radical (unpaired) electrons. The molecule has 102 valence electrons. The Kier molecular flexibility index (Phi) is 4.28. The Labute approximate surface area is 114 Å². The van der Waals surface area contributed by atoms with E-state index in [2.05, 4.69) is 26.7 Å². The summed E-state index contributed by atoms with van der Waals surface area (Å²) in [6.45, 7) is 8.56. The summed E-state index contributed by atoms with van der Waals surface area (Å²) in [7, 11) is 0. The molecule has 18 heavy (non-hydrogen) atoms. The lowest BCUT2D eigenvalue weighted by molar-refractivity contribution is -0.395. The molecule has 4 heteroatoms. The van der Waals surface area contributed by atoms with Crippen molar-refractivity contribution in [3.05, 3.63) is 0 Å². The third-order valence-corrected chi connectivity index (χ3v) is 5.14. The van der Waals surface area contributed by atoms with Crippen LogP contribution in [0.1, 0.15) is 27.2 Å². The highest BCUT2D eigenvalue weighted by atomic mass is 32.2. The van der Waals surface area contributed by atoms with E-state index in [1.165, 1.54) is 0 Å². The molecule has 0 aliphatic carbocycles. The summed E-state index contributed by atoms with van der Waals surface area (Å²) in [5.74, 6) is 3.47. The van der Waals surface area contributed by atoms with Gasteiger partial charge in [-0.3, -0.25) is 0 Å². The van der Waals surface area contributed by atoms with Gasteiger partial charge in [-0.25, -0.2) is 0 Å². The van der Waals surface area contributed by atoms with E-state index in [9.17, 15) is 0 Å². The first-order valence-electron chi connectivity index (χ1n) is 6.35. The van der Waals surface area contributed by atoms with E-state index in [1.807, 2.05) is 11.8 Å². The molecule has 0 saturated carbocycles. The van der Waals surface area contributed by atoms with Crippen LogP contribution >= 0.6 is 11.8 Å². The summed E-state index contributed by atoms with van der Waals surface area (Å²) in [5.41, 5.74) is 0.221. The number of hydrogen-bond acceptors (Lipinski definition) is 4. The van der Waals surface area contributed by atoms with Crippen molar-refractivity contribution in [1.29, 1.82) is 0 Å². The number of ether oxygens (including phenoxy) is 3. The Morgan fingerprint density at radius 2 is 1.83 bits per heavy atom. The first kappa shape index (κ1) is 14.2. The Morgan fingerprint density at radius 3 is 2.28 bits per heavy atom. The fourth-order valence-corrected chi connectivity index (χ4v) is 3.61. The zero-order valence-electron chi connectivity index (χ0n) is 11.4. The Morgan fingerprint density at radius 1 is 1.28 bits per heavy atom. The molecule has 3 saturated heterocycles. The molecule has 0 amide bonds. The zero-order valence-corrected chi connectivity index (χ0v) is 12.2. The van der Waals surface area contributed by atoms with E-state index in [0.717, 1.165) is 32.0 Å². The van der Waals surface area contributed by atoms with E-state index < -0.39 is 6.48 Å². The van der Waals surface area contributed by atoms with Gasteiger partial charge in [-0.2, -0.15) is 0 Å². The van der Waals surface area contributed by atoms with Crippen LogP contribution in [0.2, 0.25) is 0 Å². The molecule has 0 aromatic carbocycles. The predicted octanol–water partition coefficient (Wildman–Crippen LogP) is 2.50. The minimum absolute atomic E-state index is 0.00823. The molecule has 0 aromatic heterocycles. The van der Waals surface area contributed by atoms with Crippen molar-refractivity contribution in [2.75, 3.05) is 25.6 Å². The summed E-state index contributed by atoms with van der Waals surface area (Å²) >= 11 is 1.85. The maximum absolute atomic E-state index is 5.50. The summed E-state index contributed by atoms with van der Waals surface area (Å²) < 4.78 is 16.5. The standard InChI is InChI=1S/C14H22O3S/c1-5-6-18-11(13(2,3)4)7-14-8-15-12(16-9-14)17-10-14/h1,11-12H,6-10H2,2-4H3. The highest BCUT2D eigenvalue weighted by Crippen LogP contribution is 2.43. The van der Waals surface area contributed by atoms with E-state index in [4.69, 9.17) is 20.6 Å². The van der Waals surface area contributed by atoms with Gasteiger partial charge in [0, 0.05) is 10.7 Å². The largest absolute Gasteiger partial charge is 0.329 e. The van der Waals surface area contributed by atoms with Crippen molar-refractivity contribution in [1.82, 2.24) is 0 Å². The summed E-state index contributed by atoms with van der Waals surface area (Å²) in [5, 5.41) is 0.485. The van der Waals surface area contributed by atoms with Gasteiger partial charge in [-0.05, 0) is 11.8 Å². The Hall–Kier alpha value is -0.210. The summed E-state index contributed by atoms with van der Waals surface area (Å²) in [6, 6.07) is 0. The normalized spacial score (nSPS) is 33.1. The van der Waals surface area contributed by atoms with E-state index >= 15 is 0 Å². The molecule has 3 rings (SSSR count). The number of thioether (sulfide) groups is 1. The van der Waals surface area contributed by atoms with Gasteiger partial charge in [0.25, 0.3) is 6.48 Å². The first-order valence-corrected chi connectivity index (χ1v) is 7.40. The van der Waals surface area contributed by atoms with Crippen LogP contribution in [0.25, 0.3) is 0 Å². The van der Waals surface area contributed by atoms with Crippen LogP contribution in [0.15, 0.2) is 0 Å². The summed E-state index contributed by atoms with van der Waals surface area (Å²) in [6.07, 6.45) is 6.41. The lowest BCUT2D eigenvalue weighted by Gasteiger charge is -2.48. The smallest absolute Gasteiger partial charge is 0.271 e. The maximum atomic E-state index is 5.50. The quantitative estimate of drug-likeness (QED) is 0.734. The van der Waals surface area contributed by atoms with Gasteiger partial charge in [0.05, 0.1) is 25.6 Å². The molecule has 0 N–H and O–H groups in total. The molecule has 3 aliphatic rings. The zero-order chi connectivity index (χ0) is 13.2. The van der Waals surface area contributed by atoms with Crippen molar-refractivity contribution >= 4 is 11.8 Å². The van der Waals surface area contributed by atoms with Crippen molar-refractivity contribution in [3.63, 3.8) is 0 Å². The van der Waals surface area contributed by atoms with Crippen LogP contribution in [0.3, 0.4) is 0 Å². The number of terminal acetylenes is 1. The van der Waals surface area contributed by atoms with Gasteiger partial charge in [0.1, 0.15) is 0 Å². The van der Waals surface area contributed by atoms with Gasteiger partial charge in [-0.1, -0.05) is 26.7 Å². The fraction of sp³-hybridized carbons (Fsp3) is 0.857. The first-order chi connectivity index (χ1) is 8.45. The lowest BCUT2D eigenvalue weighted by atomic mass is 9.77. The van der Waals surface area contributed by atoms with Gasteiger partial charge in [0.2, 0.25) is 0 Å². The van der Waals surface area contributed by atoms with Crippen molar-refractivity contribution in [2.45, 2.75) is 38.9 Å². The van der Waals surface area contributed by atoms with Gasteiger partial charge >= 0.3 is 0 Å².